The fraction of sp³-hybridized carbons (Fsp3) is 0.267. The molecule has 112 valence electrons. The molecule has 2 aromatic rings. The van der Waals surface area contributed by atoms with Crippen molar-refractivity contribution in [3.8, 4) is 11.5 Å². The molecule has 4 rings (SSSR count). The number of carbonyl (C=O) groups is 1. The van der Waals surface area contributed by atoms with Crippen LogP contribution >= 0.6 is 0 Å². The van der Waals surface area contributed by atoms with Crippen LogP contribution in [0.5, 0.6) is 11.5 Å². The van der Waals surface area contributed by atoms with Gasteiger partial charge in [-0.3, -0.25) is 4.79 Å². The van der Waals surface area contributed by atoms with Gasteiger partial charge in [0.25, 0.3) is 5.91 Å². The summed E-state index contributed by atoms with van der Waals surface area (Å²) >= 11 is 0. The molecular formula is C15H14N4O3. The molecule has 0 atom stereocenters. The molecule has 22 heavy (non-hydrogen) atoms. The number of fused-ring (bicyclic) bond motifs is 2. The van der Waals surface area contributed by atoms with Crippen LogP contribution in [-0.2, 0) is 13.0 Å². The number of amides is 1. The second-order valence-electron chi connectivity index (χ2n) is 5.26. The van der Waals surface area contributed by atoms with Crippen LogP contribution in [0.3, 0.4) is 0 Å². The second-order valence-corrected chi connectivity index (χ2v) is 5.26. The summed E-state index contributed by atoms with van der Waals surface area (Å²) in [4.78, 5) is 14.5. The molecule has 1 amide bonds. The Morgan fingerprint density at radius 1 is 1.27 bits per heavy atom. The van der Waals surface area contributed by atoms with E-state index in [9.17, 15) is 4.79 Å². The van der Waals surface area contributed by atoms with Gasteiger partial charge < -0.3 is 20.1 Å². The first-order valence-electron chi connectivity index (χ1n) is 7.01. The minimum Gasteiger partial charge on any atom is -0.454 e. The van der Waals surface area contributed by atoms with Gasteiger partial charge in [0, 0.05) is 19.5 Å². The highest BCUT2D eigenvalue weighted by Gasteiger charge is 2.28. The topological polar surface area (TPSA) is 90.6 Å². The molecule has 1 aromatic carbocycles. The maximum absolute atomic E-state index is 12.8. The van der Waals surface area contributed by atoms with E-state index in [1.54, 1.807) is 29.2 Å². The number of anilines is 1. The molecule has 2 aliphatic heterocycles. The quantitative estimate of drug-likeness (QED) is 0.844. The SMILES string of the molecule is Nc1cc2c(nn1)CCN(C(=O)c1cccc3c1OCO3)C2. The van der Waals surface area contributed by atoms with Gasteiger partial charge >= 0.3 is 0 Å². The predicted molar refractivity (Wildman–Crippen MR) is 77.5 cm³/mol. The molecular weight excluding hydrogens is 284 g/mol. The molecule has 1 aromatic heterocycles. The van der Waals surface area contributed by atoms with E-state index in [1.807, 2.05) is 0 Å². The summed E-state index contributed by atoms with van der Waals surface area (Å²) in [5, 5.41) is 7.94. The number of hydrogen-bond donors (Lipinski definition) is 1. The van der Waals surface area contributed by atoms with Crippen molar-refractivity contribution in [2.24, 2.45) is 0 Å². The lowest BCUT2D eigenvalue weighted by atomic mass is 10.0. The first kappa shape index (κ1) is 12.9. The zero-order chi connectivity index (χ0) is 15.1. The van der Waals surface area contributed by atoms with Crippen molar-refractivity contribution in [1.82, 2.24) is 15.1 Å². The summed E-state index contributed by atoms with van der Waals surface area (Å²) in [6.45, 7) is 1.21. The van der Waals surface area contributed by atoms with Crippen molar-refractivity contribution < 1.29 is 14.3 Å². The summed E-state index contributed by atoms with van der Waals surface area (Å²) < 4.78 is 10.7. The van der Waals surface area contributed by atoms with E-state index in [2.05, 4.69) is 10.2 Å². The third kappa shape index (κ3) is 2.02. The number of nitrogens with two attached hydrogens (primary N) is 1. The van der Waals surface area contributed by atoms with E-state index in [0.29, 0.717) is 42.4 Å². The van der Waals surface area contributed by atoms with E-state index in [1.165, 1.54) is 0 Å². The Morgan fingerprint density at radius 3 is 3.09 bits per heavy atom. The summed E-state index contributed by atoms with van der Waals surface area (Å²) in [5.74, 6) is 1.41. The Morgan fingerprint density at radius 2 is 2.18 bits per heavy atom. The van der Waals surface area contributed by atoms with E-state index in [0.717, 1.165) is 11.3 Å². The van der Waals surface area contributed by atoms with E-state index < -0.39 is 0 Å². The monoisotopic (exact) mass is 298 g/mol. The molecule has 0 saturated heterocycles. The molecule has 2 N–H and O–H groups in total. The maximum atomic E-state index is 12.8. The number of aromatic nitrogens is 2. The molecule has 3 heterocycles. The minimum absolute atomic E-state index is 0.0802. The van der Waals surface area contributed by atoms with Gasteiger partial charge in [0.1, 0.15) is 5.82 Å². The summed E-state index contributed by atoms with van der Waals surface area (Å²) in [6.07, 6.45) is 0.667. The van der Waals surface area contributed by atoms with Gasteiger partial charge in [-0.2, -0.15) is 5.10 Å². The van der Waals surface area contributed by atoms with Crippen molar-refractivity contribution in [3.05, 3.63) is 41.1 Å². The Balaban J connectivity index is 1.64. The number of benzene rings is 1. The number of para-hydroxylation sites is 1. The third-order valence-electron chi connectivity index (χ3n) is 3.87. The van der Waals surface area contributed by atoms with Crippen LogP contribution in [-0.4, -0.2) is 34.3 Å². The number of nitrogens with zero attached hydrogens (tertiary/aromatic N) is 3. The molecule has 0 bridgehead atoms. The highest BCUT2D eigenvalue weighted by atomic mass is 16.7. The molecule has 0 unspecified atom stereocenters. The standard InChI is InChI=1S/C15H14N4O3/c16-13-6-9-7-19(5-4-11(9)17-18-13)15(20)10-2-1-3-12-14(10)22-8-21-12/h1-3,6H,4-5,7-8H2,(H2,16,18). The lowest BCUT2D eigenvalue weighted by molar-refractivity contribution is 0.0728. The Labute approximate surface area is 126 Å². The van der Waals surface area contributed by atoms with Gasteiger partial charge in [-0.05, 0) is 23.8 Å². The molecule has 7 heteroatoms. The molecule has 0 spiro atoms. The molecule has 0 aliphatic carbocycles. The number of nitrogen functional groups attached to an aromatic ring is 1. The smallest absolute Gasteiger partial charge is 0.258 e. The zero-order valence-corrected chi connectivity index (χ0v) is 11.8. The maximum Gasteiger partial charge on any atom is 0.258 e. The Hall–Kier alpha value is -2.83. The molecule has 0 saturated carbocycles. The molecule has 2 aliphatic rings. The fourth-order valence-corrected chi connectivity index (χ4v) is 2.79. The van der Waals surface area contributed by atoms with Gasteiger partial charge in [0.05, 0.1) is 11.3 Å². The first-order chi connectivity index (χ1) is 10.7. The number of rotatable bonds is 1. The average molecular weight is 298 g/mol. The van der Waals surface area contributed by atoms with Crippen LogP contribution in [0.4, 0.5) is 5.82 Å². The molecule has 0 fully saturated rings. The van der Waals surface area contributed by atoms with Gasteiger partial charge in [-0.1, -0.05) is 6.07 Å². The van der Waals surface area contributed by atoms with Gasteiger partial charge in [0.15, 0.2) is 11.5 Å². The lowest BCUT2D eigenvalue weighted by Crippen LogP contribution is -2.36. The number of hydrogen-bond acceptors (Lipinski definition) is 6. The largest absolute Gasteiger partial charge is 0.454 e. The normalized spacial score (nSPS) is 15.5. The van der Waals surface area contributed by atoms with Gasteiger partial charge in [0.2, 0.25) is 6.79 Å². The van der Waals surface area contributed by atoms with Crippen molar-refractivity contribution in [3.63, 3.8) is 0 Å². The predicted octanol–water partition coefficient (Wildman–Crippen LogP) is 0.986. The van der Waals surface area contributed by atoms with Crippen LogP contribution < -0.4 is 15.2 Å². The Bertz CT molecular complexity index is 762. The lowest BCUT2D eigenvalue weighted by Gasteiger charge is -2.28. The van der Waals surface area contributed by atoms with Crippen molar-refractivity contribution in [2.75, 3.05) is 19.1 Å². The van der Waals surface area contributed by atoms with Crippen LogP contribution in [0.25, 0.3) is 0 Å². The summed E-state index contributed by atoms with van der Waals surface area (Å²) in [5.41, 5.74) is 8.04. The van der Waals surface area contributed by atoms with Crippen molar-refractivity contribution in [2.45, 2.75) is 13.0 Å². The zero-order valence-electron chi connectivity index (χ0n) is 11.8. The van der Waals surface area contributed by atoms with Crippen LogP contribution in [0, 0.1) is 0 Å². The van der Waals surface area contributed by atoms with E-state index in [-0.39, 0.29) is 12.7 Å². The highest BCUT2D eigenvalue weighted by Crippen LogP contribution is 2.36. The number of carbonyl (C=O) groups excluding carboxylic acids is 1. The van der Waals surface area contributed by atoms with Crippen molar-refractivity contribution >= 4 is 11.7 Å². The summed E-state index contributed by atoms with van der Waals surface area (Å²) in [7, 11) is 0. The van der Waals surface area contributed by atoms with Gasteiger partial charge in [-0.25, -0.2) is 0 Å². The van der Waals surface area contributed by atoms with Crippen molar-refractivity contribution in [1.29, 1.82) is 0 Å². The van der Waals surface area contributed by atoms with Gasteiger partial charge in [-0.15, -0.1) is 5.10 Å². The average Bonchev–Trinajstić information content (AvgIpc) is 3.02. The van der Waals surface area contributed by atoms with E-state index in [4.69, 9.17) is 15.2 Å². The minimum atomic E-state index is -0.0802. The number of ether oxygens (including phenoxy) is 2. The fourth-order valence-electron chi connectivity index (χ4n) is 2.79. The second kappa shape index (κ2) is 4.87. The van der Waals surface area contributed by atoms with E-state index >= 15 is 0 Å². The molecule has 0 radical (unpaired) electrons. The third-order valence-corrected chi connectivity index (χ3v) is 3.87. The van der Waals surface area contributed by atoms with Crippen LogP contribution in [0.2, 0.25) is 0 Å². The first-order valence-corrected chi connectivity index (χ1v) is 7.01. The Kier molecular flexibility index (Phi) is 2.85. The summed E-state index contributed by atoms with van der Waals surface area (Å²) in [6, 6.07) is 7.12. The van der Waals surface area contributed by atoms with Crippen LogP contribution in [0.1, 0.15) is 21.6 Å². The molecule has 7 nitrogen and oxygen atoms in total. The highest BCUT2D eigenvalue weighted by molar-refractivity contribution is 5.98. The van der Waals surface area contributed by atoms with Crippen LogP contribution in [0.15, 0.2) is 24.3 Å².